The molecule has 0 unspecified atom stereocenters. The first-order chi connectivity index (χ1) is 9.49. The van der Waals surface area contributed by atoms with Crippen molar-refractivity contribution >= 4 is 29.4 Å². The first-order valence-corrected chi connectivity index (χ1v) is 6.17. The number of amides is 4. The van der Waals surface area contributed by atoms with Crippen LogP contribution >= 0.6 is 11.6 Å². The predicted molar refractivity (Wildman–Crippen MR) is 70.6 cm³/mol. The topological polar surface area (TPSA) is 102 Å². The van der Waals surface area contributed by atoms with Crippen LogP contribution < -0.4 is 15.8 Å². The van der Waals surface area contributed by atoms with E-state index in [4.69, 9.17) is 22.1 Å². The highest BCUT2D eigenvalue weighted by Crippen LogP contribution is 2.22. The lowest BCUT2D eigenvalue weighted by Crippen LogP contribution is -2.37. The molecule has 0 atom stereocenters. The number of halogens is 1. The van der Waals surface area contributed by atoms with Crippen molar-refractivity contribution in [2.24, 2.45) is 5.73 Å². The van der Waals surface area contributed by atoms with Crippen molar-refractivity contribution in [2.75, 3.05) is 19.7 Å². The first-order valence-electron chi connectivity index (χ1n) is 5.79. The van der Waals surface area contributed by atoms with Gasteiger partial charge >= 0.3 is 6.03 Å². The van der Waals surface area contributed by atoms with Crippen LogP contribution in [-0.2, 0) is 4.79 Å². The third-order valence-corrected chi connectivity index (χ3v) is 2.95. The lowest BCUT2D eigenvalue weighted by molar-refractivity contribution is -0.129. The van der Waals surface area contributed by atoms with Gasteiger partial charge in [0, 0.05) is 18.1 Å². The average Bonchev–Trinajstić information content (AvgIpc) is 2.83. The Bertz CT molecular complexity index is 576. The summed E-state index contributed by atoms with van der Waals surface area (Å²) in [5, 5.41) is 2.83. The fourth-order valence-electron chi connectivity index (χ4n) is 1.75. The molecule has 1 aromatic rings. The van der Waals surface area contributed by atoms with Gasteiger partial charge in [-0.25, -0.2) is 4.79 Å². The second-order valence-electron chi connectivity index (χ2n) is 4.07. The van der Waals surface area contributed by atoms with Crippen molar-refractivity contribution in [1.82, 2.24) is 10.2 Å². The van der Waals surface area contributed by atoms with Crippen LogP contribution in [0.25, 0.3) is 0 Å². The molecule has 7 nitrogen and oxygen atoms in total. The third-order valence-electron chi connectivity index (χ3n) is 2.72. The maximum atomic E-state index is 11.8. The maximum absolute atomic E-state index is 11.8. The van der Waals surface area contributed by atoms with Crippen LogP contribution in [0.4, 0.5) is 4.79 Å². The number of nitrogens with two attached hydrogens (primary N) is 1. The molecule has 4 amide bonds. The Morgan fingerprint density at radius 2 is 2.20 bits per heavy atom. The predicted octanol–water partition coefficient (Wildman–Crippen LogP) is 0.369. The summed E-state index contributed by atoms with van der Waals surface area (Å²) < 4.78 is 5.25. The normalized spacial score (nSPS) is 14.1. The second-order valence-corrected chi connectivity index (χ2v) is 4.51. The monoisotopic (exact) mass is 297 g/mol. The van der Waals surface area contributed by atoms with Crippen LogP contribution in [0.1, 0.15) is 10.4 Å². The van der Waals surface area contributed by atoms with Crippen LogP contribution in [0.5, 0.6) is 5.75 Å². The van der Waals surface area contributed by atoms with E-state index in [1.54, 1.807) is 0 Å². The van der Waals surface area contributed by atoms with Gasteiger partial charge in [0.25, 0.3) is 11.8 Å². The number of rotatable bonds is 4. The van der Waals surface area contributed by atoms with Crippen LogP contribution in [0, 0.1) is 0 Å². The van der Waals surface area contributed by atoms with Gasteiger partial charge in [-0.15, -0.1) is 0 Å². The highest BCUT2D eigenvalue weighted by molar-refractivity contribution is 6.31. The fraction of sp³-hybridized carbons (Fsp3) is 0.250. The van der Waals surface area contributed by atoms with Crippen molar-refractivity contribution in [3.05, 3.63) is 28.8 Å². The number of carbonyl (C=O) groups is 3. The lowest BCUT2D eigenvalue weighted by atomic mass is 10.2. The number of nitrogens with zero attached hydrogens (tertiary/aromatic N) is 1. The minimum absolute atomic E-state index is 0.0798. The van der Waals surface area contributed by atoms with E-state index in [0.29, 0.717) is 18.1 Å². The van der Waals surface area contributed by atoms with Gasteiger partial charge < -0.3 is 15.8 Å². The molecule has 1 aromatic carbocycles. The number of hydrogen-bond donors (Lipinski definition) is 2. The van der Waals surface area contributed by atoms with Gasteiger partial charge in [0.2, 0.25) is 0 Å². The van der Waals surface area contributed by atoms with Gasteiger partial charge in [0.05, 0.1) is 5.56 Å². The molecule has 0 saturated carbocycles. The number of benzene rings is 1. The zero-order valence-electron chi connectivity index (χ0n) is 10.4. The molecule has 1 saturated heterocycles. The molecular formula is C12H12ClN3O4. The molecule has 0 radical (unpaired) electrons. The zero-order valence-corrected chi connectivity index (χ0v) is 11.1. The molecule has 3 N–H and O–H groups in total. The van der Waals surface area contributed by atoms with Gasteiger partial charge in [-0.3, -0.25) is 14.5 Å². The van der Waals surface area contributed by atoms with Gasteiger partial charge in [-0.05, 0) is 18.2 Å². The summed E-state index contributed by atoms with van der Waals surface area (Å²) >= 11 is 5.75. The smallest absolute Gasteiger partial charge is 0.324 e. The van der Waals surface area contributed by atoms with Crippen LogP contribution in [0.15, 0.2) is 18.2 Å². The molecule has 1 aliphatic heterocycles. The largest absolute Gasteiger partial charge is 0.483 e. The summed E-state index contributed by atoms with van der Waals surface area (Å²) in [5.74, 6) is -1.06. The summed E-state index contributed by atoms with van der Waals surface area (Å²) in [5.41, 5.74) is 5.28. The molecule has 106 valence electrons. The van der Waals surface area contributed by atoms with Gasteiger partial charge in [0.1, 0.15) is 5.75 Å². The first kappa shape index (κ1) is 14.1. The SMILES string of the molecule is NC(=O)c1cc(Cl)ccc1OCC(=O)N1CCNC1=O. The fourth-order valence-corrected chi connectivity index (χ4v) is 1.92. The van der Waals surface area contributed by atoms with Crippen molar-refractivity contribution < 1.29 is 19.1 Å². The number of hydrogen-bond acceptors (Lipinski definition) is 4. The minimum Gasteiger partial charge on any atom is -0.483 e. The Labute approximate surface area is 119 Å². The molecule has 0 aromatic heterocycles. The van der Waals surface area contributed by atoms with Crippen LogP contribution in [-0.4, -0.2) is 42.4 Å². The maximum Gasteiger partial charge on any atom is 0.324 e. The molecule has 1 aliphatic rings. The molecular weight excluding hydrogens is 286 g/mol. The van der Waals surface area contributed by atoms with E-state index in [2.05, 4.69) is 5.32 Å². The molecule has 1 heterocycles. The average molecular weight is 298 g/mol. The summed E-state index contributed by atoms with van der Waals surface area (Å²) in [6, 6.07) is 3.85. The second kappa shape index (κ2) is 5.79. The Morgan fingerprint density at radius 3 is 2.80 bits per heavy atom. The van der Waals surface area contributed by atoms with Crippen molar-refractivity contribution in [3.8, 4) is 5.75 Å². The molecule has 0 spiro atoms. The van der Waals surface area contributed by atoms with E-state index in [9.17, 15) is 14.4 Å². The number of imide groups is 1. The number of ether oxygens (including phenoxy) is 1. The molecule has 2 rings (SSSR count). The van der Waals surface area contributed by atoms with Gasteiger partial charge in [-0.2, -0.15) is 0 Å². The highest BCUT2D eigenvalue weighted by atomic mass is 35.5. The summed E-state index contributed by atoms with van der Waals surface area (Å²) in [6.07, 6.45) is 0. The number of nitrogens with one attached hydrogen (secondary N) is 1. The number of primary amides is 1. The summed E-state index contributed by atoms with van der Waals surface area (Å²) in [7, 11) is 0. The highest BCUT2D eigenvalue weighted by Gasteiger charge is 2.26. The van der Waals surface area contributed by atoms with Crippen LogP contribution in [0.3, 0.4) is 0 Å². The quantitative estimate of drug-likeness (QED) is 0.838. The lowest BCUT2D eigenvalue weighted by Gasteiger charge is -2.14. The Morgan fingerprint density at radius 1 is 1.45 bits per heavy atom. The standard InChI is InChI=1S/C12H12ClN3O4/c13-7-1-2-9(8(5-7)11(14)18)20-6-10(17)16-4-3-15-12(16)19/h1-2,5H,3-4,6H2,(H2,14,18)(H,15,19). The minimum atomic E-state index is -0.714. The molecule has 20 heavy (non-hydrogen) atoms. The van der Waals surface area contributed by atoms with Gasteiger partial charge in [-0.1, -0.05) is 11.6 Å². The van der Waals surface area contributed by atoms with Gasteiger partial charge in [0.15, 0.2) is 6.61 Å². The van der Waals surface area contributed by atoms with E-state index >= 15 is 0 Å². The Kier molecular flexibility index (Phi) is 4.09. The van der Waals surface area contributed by atoms with E-state index in [0.717, 1.165) is 4.90 Å². The van der Waals surface area contributed by atoms with E-state index in [1.807, 2.05) is 0 Å². The Hall–Kier alpha value is -2.28. The van der Waals surface area contributed by atoms with E-state index < -0.39 is 17.8 Å². The molecule has 0 aliphatic carbocycles. The summed E-state index contributed by atoms with van der Waals surface area (Å²) in [6.45, 7) is 0.345. The van der Waals surface area contributed by atoms with E-state index in [1.165, 1.54) is 18.2 Å². The molecule has 0 bridgehead atoms. The van der Waals surface area contributed by atoms with Crippen molar-refractivity contribution in [2.45, 2.75) is 0 Å². The Balaban J connectivity index is 2.05. The zero-order chi connectivity index (χ0) is 14.7. The van der Waals surface area contributed by atoms with E-state index in [-0.39, 0.29) is 17.9 Å². The number of urea groups is 1. The molecule has 8 heteroatoms. The van der Waals surface area contributed by atoms with Crippen molar-refractivity contribution in [3.63, 3.8) is 0 Å². The van der Waals surface area contributed by atoms with Crippen molar-refractivity contribution in [1.29, 1.82) is 0 Å². The third kappa shape index (κ3) is 3.00. The summed E-state index contributed by atoms with van der Waals surface area (Å²) in [4.78, 5) is 35.4. The number of carbonyl (C=O) groups excluding carboxylic acids is 3. The van der Waals surface area contributed by atoms with Crippen LogP contribution in [0.2, 0.25) is 5.02 Å². The molecule has 1 fully saturated rings.